The third kappa shape index (κ3) is 4.39. The number of nitrogens with one attached hydrogen (secondary N) is 3. The Bertz CT molecular complexity index is 1620. The predicted molar refractivity (Wildman–Crippen MR) is 127 cm³/mol. The average Bonchev–Trinajstić information content (AvgIpc) is 3.57. The third-order valence-corrected chi connectivity index (χ3v) is 7.35. The van der Waals surface area contributed by atoms with Crippen LogP contribution in [0.15, 0.2) is 47.8 Å². The zero-order chi connectivity index (χ0) is 25.6. The highest BCUT2D eigenvalue weighted by atomic mass is 32.2. The molecule has 1 fully saturated rings. The lowest BCUT2D eigenvalue weighted by atomic mass is 9.98. The van der Waals surface area contributed by atoms with E-state index in [1.165, 1.54) is 25.5 Å². The molecule has 1 aliphatic rings. The Morgan fingerprint density at radius 1 is 1.14 bits per heavy atom. The van der Waals surface area contributed by atoms with Gasteiger partial charge >= 0.3 is 0 Å². The van der Waals surface area contributed by atoms with E-state index in [1.807, 2.05) is 4.72 Å². The van der Waals surface area contributed by atoms with Crippen LogP contribution in [0.2, 0.25) is 0 Å². The fraction of sp³-hybridized carbons (Fsp3) is 0.208. The van der Waals surface area contributed by atoms with E-state index in [2.05, 4.69) is 20.3 Å². The molecule has 5 rings (SSSR count). The van der Waals surface area contributed by atoms with Crippen molar-refractivity contribution in [3.8, 4) is 0 Å². The number of aromatic amines is 1. The Morgan fingerprint density at radius 2 is 1.92 bits per heavy atom. The number of aryl methyl sites for hydroxylation is 1. The van der Waals surface area contributed by atoms with E-state index < -0.39 is 43.8 Å². The standard InChI is InChI=1S/C24H20F3N5O3S/c1-12-2-7-17(32-36(34,35)18-8-14(25)5-6-16(18)26)21(27)19(12)22(33)15-10-29-24-20(15)23(30-11-31-24)28-9-13-3-4-13/h2,5-8,10-11,13,32H,3-4,9H2,1H3,(H2,28,29,30,31). The highest BCUT2D eigenvalue weighted by Gasteiger charge is 2.28. The first-order valence-electron chi connectivity index (χ1n) is 11.0. The van der Waals surface area contributed by atoms with Crippen molar-refractivity contribution in [3.05, 3.63) is 77.0 Å². The normalized spacial score (nSPS) is 13.7. The number of nitrogens with zero attached hydrogens (tertiary/aromatic N) is 2. The fourth-order valence-corrected chi connectivity index (χ4v) is 5.04. The maximum absolute atomic E-state index is 15.6. The van der Waals surface area contributed by atoms with Crippen LogP contribution in [0.5, 0.6) is 0 Å². The molecule has 1 saturated carbocycles. The largest absolute Gasteiger partial charge is 0.369 e. The molecule has 0 saturated heterocycles. The number of carbonyl (C=O) groups is 1. The fourth-order valence-electron chi connectivity index (χ4n) is 3.89. The lowest BCUT2D eigenvalue weighted by molar-refractivity contribution is 0.103. The maximum atomic E-state index is 15.6. The van der Waals surface area contributed by atoms with E-state index in [0.29, 0.717) is 41.4 Å². The molecule has 0 amide bonds. The van der Waals surface area contributed by atoms with E-state index in [1.54, 1.807) is 0 Å². The van der Waals surface area contributed by atoms with Gasteiger partial charge in [0.2, 0.25) is 0 Å². The van der Waals surface area contributed by atoms with E-state index in [9.17, 15) is 22.0 Å². The molecule has 36 heavy (non-hydrogen) atoms. The number of anilines is 2. The quantitative estimate of drug-likeness (QED) is 0.297. The van der Waals surface area contributed by atoms with Crippen LogP contribution in [0.25, 0.3) is 11.0 Å². The summed E-state index contributed by atoms with van der Waals surface area (Å²) in [5, 5.41) is 3.59. The van der Waals surface area contributed by atoms with Crippen LogP contribution in [0.3, 0.4) is 0 Å². The van der Waals surface area contributed by atoms with Gasteiger partial charge in [0.1, 0.15) is 34.3 Å². The van der Waals surface area contributed by atoms with Gasteiger partial charge in [0.15, 0.2) is 11.6 Å². The number of H-pyrrole nitrogens is 1. The number of rotatable bonds is 8. The lowest BCUT2D eigenvalue weighted by Gasteiger charge is -2.14. The number of fused-ring (bicyclic) bond motifs is 1. The Hall–Kier alpha value is -3.93. The predicted octanol–water partition coefficient (Wildman–Crippen LogP) is 4.54. The molecule has 8 nitrogen and oxygen atoms in total. The molecule has 0 spiro atoms. The minimum atomic E-state index is -4.70. The zero-order valence-electron chi connectivity index (χ0n) is 18.9. The number of benzene rings is 2. The summed E-state index contributed by atoms with van der Waals surface area (Å²) in [6.45, 7) is 2.17. The molecule has 3 N–H and O–H groups in total. The summed E-state index contributed by atoms with van der Waals surface area (Å²) in [4.78, 5) is 23.8. The molecule has 2 aromatic carbocycles. The average molecular weight is 516 g/mol. The Kier molecular flexibility index (Phi) is 5.91. The molecule has 2 aromatic heterocycles. The summed E-state index contributed by atoms with van der Waals surface area (Å²) in [5.41, 5.74) is -0.245. The number of hydrogen-bond donors (Lipinski definition) is 3. The SMILES string of the molecule is Cc1ccc(NS(=O)(=O)c2cc(F)ccc2F)c(F)c1C(=O)c1c[nH]c2ncnc(NCC3CC3)c12. The molecule has 0 unspecified atom stereocenters. The van der Waals surface area contributed by atoms with E-state index in [0.717, 1.165) is 25.0 Å². The topological polar surface area (TPSA) is 117 Å². The van der Waals surface area contributed by atoms with E-state index >= 15 is 4.39 Å². The van der Waals surface area contributed by atoms with Crippen molar-refractivity contribution in [2.45, 2.75) is 24.7 Å². The van der Waals surface area contributed by atoms with Gasteiger partial charge in [-0.2, -0.15) is 0 Å². The summed E-state index contributed by atoms with van der Waals surface area (Å²) in [6, 6.07) is 4.36. The minimum absolute atomic E-state index is 0.0991. The first kappa shape index (κ1) is 23.8. The summed E-state index contributed by atoms with van der Waals surface area (Å²) >= 11 is 0. The molecule has 12 heteroatoms. The van der Waals surface area contributed by atoms with Crippen LogP contribution in [-0.4, -0.2) is 35.7 Å². The highest BCUT2D eigenvalue weighted by molar-refractivity contribution is 7.92. The Balaban J connectivity index is 1.53. The zero-order valence-corrected chi connectivity index (χ0v) is 19.7. The summed E-state index contributed by atoms with van der Waals surface area (Å²) in [6.07, 6.45) is 4.94. The third-order valence-electron chi connectivity index (χ3n) is 5.97. The van der Waals surface area contributed by atoms with Gasteiger partial charge in [0.05, 0.1) is 22.2 Å². The Labute approximate surface area is 204 Å². The van der Waals surface area contributed by atoms with Crippen molar-refractivity contribution in [2.24, 2.45) is 5.92 Å². The minimum Gasteiger partial charge on any atom is -0.369 e. The van der Waals surface area contributed by atoms with E-state index in [-0.39, 0.29) is 16.7 Å². The second-order valence-electron chi connectivity index (χ2n) is 8.60. The molecule has 0 radical (unpaired) electrons. The van der Waals surface area contributed by atoms with Crippen molar-refractivity contribution in [1.82, 2.24) is 15.0 Å². The number of aromatic nitrogens is 3. The molecule has 0 bridgehead atoms. The summed E-state index contributed by atoms with van der Waals surface area (Å²) < 4.78 is 70.5. The van der Waals surface area contributed by atoms with Gasteiger partial charge in [-0.15, -0.1) is 0 Å². The van der Waals surface area contributed by atoms with Crippen molar-refractivity contribution >= 4 is 38.3 Å². The van der Waals surface area contributed by atoms with Gasteiger partial charge in [-0.3, -0.25) is 9.52 Å². The molecular formula is C24H20F3N5O3S. The highest BCUT2D eigenvalue weighted by Crippen LogP contribution is 2.33. The number of ketones is 1. The van der Waals surface area contributed by atoms with Crippen LogP contribution in [-0.2, 0) is 10.0 Å². The number of halogens is 3. The van der Waals surface area contributed by atoms with Crippen LogP contribution in [0.4, 0.5) is 24.7 Å². The number of sulfonamides is 1. The van der Waals surface area contributed by atoms with Gasteiger partial charge in [0, 0.05) is 12.7 Å². The molecule has 4 aromatic rings. The maximum Gasteiger partial charge on any atom is 0.265 e. The van der Waals surface area contributed by atoms with Crippen LogP contribution in [0.1, 0.15) is 34.3 Å². The van der Waals surface area contributed by atoms with Crippen molar-refractivity contribution < 1.29 is 26.4 Å². The second kappa shape index (κ2) is 8.94. The van der Waals surface area contributed by atoms with Gasteiger partial charge in [-0.05, 0) is 55.5 Å². The van der Waals surface area contributed by atoms with Crippen LogP contribution >= 0.6 is 0 Å². The molecule has 1 aliphatic carbocycles. The monoisotopic (exact) mass is 515 g/mol. The molecular weight excluding hydrogens is 495 g/mol. The van der Waals surface area contributed by atoms with Crippen molar-refractivity contribution in [1.29, 1.82) is 0 Å². The molecule has 0 atom stereocenters. The van der Waals surface area contributed by atoms with Crippen molar-refractivity contribution in [2.75, 3.05) is 16.6 Å². The smallest absolute Gasteiger partial charge is 0.265 e. The van der Waals surface area contributed by atoms with Gasteiger partial charge < -0.3 is 10.3 Å². The van der Waals surface area contributed by atoms with Gasteiger partial charge in [0.25, 0.3) is 10.0 Å². The summed E-state index contributed by atoms with van der Waals surface area (Å²) in [5.74, 6) is -3.12. The van der Waals surface area contributed by atoms with E-state index in [4.69, 9.17) is 0 Å². The molecule has 2 heterocycles. The second-order valence-corrected chi connectivity index (χ2v) is 10.3. The number of carbonyl (C=O) groups excluding carboxylic acids is 1. The summed E-state index contributed by atoms with van der Waals surface area (Å²) in [7, 11) is -4.70. The molecule has 0 aliphatic heterocycles. The van der Waals surface area contributed by atoms with Gasteiger partial charge in [-0.25, -0.2) is 31.6 Å². The lowest BCUT2D eigenvalue weighted by Crippen LogP contribution is -2.17. The molecule has 186 valence electrons. The Morgan fingerprint density at radius 3 is 2.67 bits per heavy atom. The first-order chi connectivity index (χ1) is 17.2. The van der Waals surface area contributed by atoms with Crippen LogP contribution in [0, 0.1) is 30.3 Å². The first-order valence-corrected chi connectivity index (χ1v) is 12.5. The van der Waals surface area contributed by atoms with Gasteiger partial charge in [-0.1, -0.05) is 6.07 Å². The number of hydrogen-bond acceptors (Lipinski definition) is 6. The van der Waals surface area contributed by atoms with Crippen molar-refractivity contribution in [3.63, 3.8) is 0 Å². The van der Waals surface area contributed by atoms with Crippen LogP contribution < -0.4 is 10.0 Å².